The number of rotatable bonds is 10. The third kappa shape index (κ3) is 5.34. The monoisotopic (exact) mass is 420 g/mol. The van der Waals surface area contributed by atoms with E-state index in [1.165, 1.54) is 21.3 Å². The lowest BCUT2D eigenvalue weighted by atomic mass is 9.84. The minimum atomic E-state index is -0.308. The molecule has 7 heteroatoms. The number of halogens is 1. The Labute approximate surface area is 177 Å². The van der Waals surface area contributed by atoms with Crippen LogP contribution in [-0.4, -0.2) is 33.8 Å². The lowest BCUT2D eigenvalue weighted by Gasteiger charge is -2.33. The normalized spacial score (nSPS) is 11.1. The summed E-state index contributed by atoms with van der Waals surface area (Å²) in [6.07, 6.45) is 1.67. The highest BCUT2D eigenvalue weighted by atomic mass is 35.5. The summed E-state index contributed by atoms with van der Waals surface area (Å²) < 4.78 is 16.0. The molecule has 2 N–H and O–H groups in total. The van der Waals surface area contributed by atoms with Gasteiger partial charge in [-0.2, -0.15) is 0 Å². The molecule has 1 amide bonds. The van der Waals surface area contributed by atoms with Gasteiger partial charge in [-0.1, -0.05) is 37.6 Å². The van der Waals surface area contributed by atoms with E-state index in [0.717, 1.165) is 18.4 Å². The Morgan fingerprint density at radius 3 is 1.97 bits per heavy atom. The number of carbonyl (C=O) groups is 1. The van der Waals surface area contributed by atoms with Crippen molar-refractivity contribution in [2.45, 2.75) is 32.2 Å². The Balaban J connectivity index is 2.14. The van der Waals surface area contributed by atoms with Crippen molar-refractivity contribution in [3.63, 3.8) is 0 Å². The fraction of sp³-hybridized carbons (Fsp3) is 0.409. The fourth-order valence-electron chi connectivity index (χ4n) is 3.39. The Hall–Kier alpha value is -2.44. The molecule has 2 rings (SSSR count). The number of amides is 1. The molecule has 0 aliphatic carbocycles. The van der Waals surface area contributed by atoms with Crippen LogP contribution in [0.3, 0.4) is 0 Å². The van der Waals surface area contributed by atoms with Crippen LogP contribution in [0.5, 0.6) is 17.2 Å². The van der Waals surface area contributed by atoms with E-state index in [1.807, 2.05) is 24.3 Å². The van der Waals surface area contributed by atoms with E-state index in [0.29, 0.717) is 28.0 Å². The predicted molar refractivity (Wildman–Crippen MR) is 116 cm³/mol. The minimum absolute atomic E-state index is 0.154. The lowest BCUT2D eigenvalue weighted by molar-refractivity contribution is -0.115. The van der Waals surface area contributed by atoms with Gasteiger partial charge in [0.1, 0.15) is 0 Å². The van der Waals surface area contributed by atoms with Crippen LogP contribution < -0.4 is 24.8 Å². The summed E-state index contributed by atoms with van der Waals surface area (Å²) in [5.41, 5.74) is 1.36. The van der Waals surface area contributed by atoms with E-state index < -0.39 is 0 Å². The molecule has 0 bridgehead atoms. The number of benzene rings is 2. The third-order valence-electron chi connectivity index (χ3n) is 5.14. The first-order valence-corrected chi connectivity index (χ1v) is 9.91. The van der Waals surface area contributed by atoms with Gasteiger partial charge >= 0.3 is 0 Å². The predicted octanol–water partition coefficient (Wildman–Crippen LogP) is 4.61. The number of hydrogen-bond acceptors (Lipinski definition) is 5. The molecular weight excluding hydrogens is 392 g/mol. The van der Waals surface area contributed by atoms with E-state index in [1.54, 1.807) is 12.1 Å². The SMILES string of the molecule is CCC(CC)(NCC(=O)Nc1cc(OC)c(OC)c(OC)c1)c1ccc(Cl)cc1. The molecule has 0 radical (unpaired) electrons. The molecule has 0 saturated heterocycles. The van der Waals surface area contributed by atoms with Crippen LogP contribution in [0, 0.1) is 0 Å². The van der Waals surface area contributed by atoms with Crippen molar-refractivity contribution in [3.05, 3.63) is 47.0 Å². The van der Waals surface area contributed by atoms with Crippen LogP contribution in [-0.2, 0) is 10.3 Å². The number of ether oxygens (including phenoxy) is 3. The van der Waals surface area contributed by atoms with Gasteiger partial charge in [-0.3, -0.25) is 10.1 Å². The van der Waals surface area contributed by atoms with Crippen LogP contribution in [0.15, 0.2) is 36.4 Å². The topological polar surface area (TPSA) is 68.8 Å². The van der Waals surface area contributed by atoms with Gasteiger partial charge in [0.05, 0.1) is 27.9 Å². The number of methoxy groups -OCH3 is 3. The highest BCUT2D eigenvalue weighted by Gasteiger charge is 2.28. The summed E-state index contributed by atoms with van der Waals surface area (Å²) in [6.45, 7) is 4.35. The zero-order valence-corrected chi connectivity index (χ0v) is 18.4. The quantitative estimate of drug-likeness (QED) is 0.587. The maximum atomic E-state index is 12.6. The van der Waals surface area contributed by atoms with Gasteiger partial charge in [0, 0.05) is 28.4 Å². The Morgan fingerprint density at radius 2 is 1.52 bits per heavy atom. The lowest BCUT2D eigenvalue weighted by Crippen LogP contribution is -2.45. The highest BCUT2D eigenvalue weighted by molar-refractivity contribution is 6.30. The standard InChI is InChI=1S/C22H29ClN2O4/c1-6-22(7-2,15-8-10-16(23)11-9-15)24-14-20(26)25-17-12-18(27-3)21(29-5)19(13-17)28-4/h8-13,24H,6-7,14H2,1-5H3,(H,25,26). The maximum Gasteiger partial charge on any atom is 0.238 e. The molecule has 29 heavy (non-hydrogen) atoms. The van der Waals surface area contributed by atoms with Gasteiger partial charge in [0.2, 0.25) is 11.7 Å². The van der Waals surface area contributed by atoms with E-state index in [9.17, 15) is 4.79 Å². The molecule has 2 aromatic rings. The number of hydrogen-bond donors (Lipinski definition) is 2. The first-order chi connectivity index (χ1) is 13.9. The summed E-state index contributed by atoms with van der Waals surface area (Å²) in [7, 11) is 4.61. The molecule has 0 aliphatic heterocycles. The second-order valence-electron chi connectivity index (χ2n) is 6.61. The van der Waals surface area contributed by atoms with Gasteiger partial charge in [0.15, 0.2) is 11.5 Å². The second-order valence-corrected chi connectivity index (χ2v) is 7.05. The molecule has 0 aromatic heterocycles. The minimum Gasteiger partial charge on any atom is -0.493 e. The van der Waals surface area contributed by atoms with Gasteiger partial charge in [-0.05, 0) is 30.5 Å². The molecule has 2 aromatic carbocycles. The van der Waals surface area contributed by atoms with Gasteiger partial charge in [0.25, 0.3) is 0 Å². The highest BCUT2D eigenvalue weighted by Crippen LogP contribution is 2.40. The molecule has 0 fully saturated rings. The molecule has 0 aliphatic rings. The van der Waals surface area contributed by atoms with Crippen LogP contribution >= 0.6 is 11.6 Å². The van der Waals surface area contributed by atoms with E-state index in [4.69, 9.17) is 25.8 Å². The summed E-state index contributed by atoms with van der Waals surface area (Å²) in [5, 5.41) is 7.00. The summed E-state index contributed by atoms with van der Waals surface area (Å²) in [4.78, 5) is 12.6. The van der Waals surface area contributed by atoms with Crippen LogP contribution in [0.1, 0.15) is 32.3 Å². The Morgan fingerprint density at radius 1 is 0.966 bits per heavy atom. The van der Waals surface area contributed by atoms with Crippen molar-refractivity contribution in [2.75, 3.05) is 33.2 Å². The molecule has 0 heterocycles. The van der Waals surface area contributed by atoms with Crippen molar-refractivity contribution in [2.24, 2.45) is 0 Å². The second kappa shape index (κ2) is 10.4. The van der Waals surface area contributed by atoms with E-state index in [-0.39, 0.29) is 18.0 Å². The third-order valence-corrected chi connectivity index (χ3v) is 5.39. The zero-order valence-electron chi connectivity index (χ0n) is 17.6. The molecule has 158 valence electrons. The van der Waals surface area contributed by atoms with Crippen molar-refractivity contribution in [1.82, 2.24) is 5.32 Å². The first-order valence-electron chi connectivity index (χ1n) is 9.53. The van der Waals surface area contributed by atoms with Crippen LogP contribution in [0.2, 0.25) is 5.02 Å². The largest absolute Gasteiger partial charge is 0.493 e. The molecule has 0 atom stereocenters. The van der Waals surface area contributed by atoms with Gasteiger partial charge in [-0.15, -0.1) is 0 Å². The summed E-state index contributed by atoms with van der Waals surface area (Å²) in [6, 6.07) is 11.1. The Bertz CT molecular complexity index is 795. The van der Waals surface area contributed by atoms with Gasteiger partial charge in [-0.25, -0.2) is 0 Å². The summed E-state index contributed by atoms with van der Waals surface area (Å²) >= 11 is 6.02. The van der Waals surface area contributed by atoms with E-state index >= 15 is 0 Å². The molecule has 0 saturated carbocycles. The van der Waals surface area contributed by atoms with Crippen molar-refractivity contribution >= 4 is 23.2 Å². The average Bonchev–Trinajstić information content (AvgIpc) is 2.75. The number of nitrogens with one attached hydrogen (secondary N) is 2. The first kappa shape index (κ1) is 22.8. The van der Waals surface area contributed by atoms with E-state index in [2.05, 4.69) is 24.5 Å². The zero-order chi connectivity index (χ0) is 21.4. The van der Waals surface area contributed by atoms with Gasteiger partial charge < -0.3 is 19.5 Å². The summed E-state index contributed by atoms with van der Waals surface area (Å²) in [5.74, 6) is 1.27. The number of carbonyl (C=O) groups excluding carboxylic acids is 1. The smallest absolute Gasteiger partial charge is 0.238 e. The molecular formula is C22H29ClN2O4. The molecule has 0 spiro atoms. The van der Waals surface area contributed by atoms with Crippen molar-refractivity contribution in [3.8, 4) is 17.2 Å². The fourth-order valence-corrected chi connectivity index (χ4v) is 3.51. The molecule has 6 nitrogen and oxygen atoms in total. The average molecular weight is 421 g/mol. The molecule has 0 unspecified atom stereocenters. The Kier molecular flexibility index (Phi) is 8.17. The van der Waals surface area contributed by atoms with Crippen molar-refractivity contribution < 1.29 is 19.0 Å². The maximum absolute atomic E-state index is 12.6. The van der Waals surface area contributed by atoms with Crippen LogP contribution in [0.4, 0.5) is 5.69 Å². The van der Waals surface area contributed by atoms with Crippen LogP contribution in [0.25, 0.3) is 0 Å². The number of anilines is 1. The van der Waals surface area contributed by atoms with Crippen molar-refractivity contribution in [1.29, 1.82) is 0 Å².